The van der Waals surface area contributed by atoms with E-state index in [2.05, 4.69) is 47.8 Å². The SMILES string of the molecule is CCCN(Cc1ncccc1C)Cc1ncccc1C. The summed E-state index contributed by atoms with van der Waals surface area (Å²) in [5, 5.41) is 0. The van der Waals surface area contributed by atoms with Crippen molar-refractivity contribution in [2.45, 2.75) is 40.3 Å². The van der Waals surface area contributed by atoms with E-state index >= 15 is 0 Å². The zero-order valence-corrected chi connectivity index (χ0v) is 12.6. The van der Waals surface area contributed by atoms with E-state index < -0.39 is 0 Å². The van der Waals surface area contributed by atoms with Crippen LogP contribution in [0, 0.1) is 13.8 Å². The third kappa shape index (κ3) is 3.87. The van der Waals surface area contributed by atoms with Gasteiger partial charge in [-0.1, -0.05) is 19.1 Å². The van der Waals surface area contributed by atoms with Gasteiger partial charge in [-0.2, -0.15) is 0 Å². The van der Waals surface area contributed by atoms with Gasteiger partial charge in [0.1, 0.15) is 0 Å². The molecule has 0 aliphatic rings. The standard InChI is InChI=1S/C17H23N3/c1-4-11-20(12-16-14(2)7-5-9-18-16)13-17-15(3)8-6-10-19-17/h5-10H,4,11-13H2,1-3H3. The molecule has 3 heteroatoms. The molecule has 106 valence electrons. The molecule has 20 heavy (non-hydrogen) atoms. The maximum atomic E-state index is 4.50. The number of hydrogen-bond donors (Lipinski definition) is 0. The predicted molar refractivity (Wildman–Crippen MR) is 82.4 cm³/mol. The van der Waals surface area contributed by atoms with Gasteiger partial charge in [-0.25, -0.2) is 0 Å². The minimum atomic E-state index is 0.885. The summed E-state index contributed by atoms with van der Waals surface area (Å²) in [7, 11) is 0. The van der Waals surface area contributed by atoms with Gasteiger partial charge < -0.3 is 0 Å². The van der Waals surface area contributed by atoms with E-state index in [0.29, 0.717) is 0 Å². The van der Waals surface area contributed by atoms with Crippen LogP contribution >= 0.6 is 0 Å². The van der Waals surface area contributed by atoms with Crippen LogP contribution in [0.15, 0.2) is 36.7 Å². The maximum absolute atomic E-state index is 4.50. The van der Waals surface area contributed by atoms with Gasteiger partial charge in [-0.3, -0.25) is 14.9 Å². The summed E-state index contributed by atoms with van der Waals surface area (Å²) in [5.41, 5.74) is 4.83. The Kier molecular flexibility index (Phi) is 5.24. The minimum absolute atomic E-state index is 0.885. The van der Waals surface area contributed by atoms with Gasteiger partial charge in [0, 0.05) is 25.5 Å². The summed E-state index contributed by atoms with van der Waals surface area (Å²) in [5.74, 6) is 0. The van der Waals surface area contributed by atoms with Gasteiger partial charge in [0.2, 0.25) is 0 Å². The lowest BCUT2D eigenvalue weighted by Gasteiger charge is -2.22. The molecule has 0 saturated heterocycles. The molecular formula is C17H23N3. The van der Waals surface area contributed by atoms with Crippen LogP contribution in [0.1, 0.15) is 35.9 Å². The van der Waals surface area contributed by atoms with Crippen molar-refractivity contribution in [3.8, 4) is 0 Å². The van der Waals surface area contributed by atoms with Gasteiger partial charge in [0.25, 0.3) is 0 Å². The second-order valence-electron chi connectivity index (χ2n) is 5.24. The lowest BCUT2D eigenvalue weighted by atomic mass is 10.1. The van der Waals surface area contributed by atoms with Crippen molar-refractivity contribution < 1.29 is 0 Å². The normalized spacial score (nSPS) is 11.0. The van der Waals surface area contributed by atoms with E-state index in [4.69, 9.17) is 0 Å². The molecule has 0 amide bonds. The Bertz CT molecular complexity index is 504. The second kappa shape index (κ2) is 7.15. The molecule has 0 spiro atoms. The molecule has 0 bridgehead atoms. The van der Waals surface area contributed by atoms with E-state index in [0.717, 1.165) is 37.4 Å². The molecule has 0 fully saturated rings. The fraction of sp³-hybridized carbons (Fsp3) is 0.412. The average Bonchev–Trinajstić information content (AvgIpc) is 2.44. The topological polar surface area (TPSA) is 29.0 Å². The van der Waals surface area contributed by atoms with Crippen LogP contribution in [0.25, 0.3) is 0 Å². The maximum Gasteiger partial charge on any atom is 0.0573 e. The van der Waals surface area contributed by atoms with Crippen molar-refractivity contribution in [3.63, 3.8) is 0 Å². The van der Waals surface area contributed by atoms with Crippen LogP contribution in [0.4, 0.5) is 0 Å². The summed E-state index contributed by atoms with van der Waals surface area (Å²) >= 11 is 0. The van der Waals surface area contributed by atoms with Crippen molar-refractivity contribution in [2.75, 3.05) is 6.54 Å². The van der Waals surface area contributed by atoms with Gasteiger partial charge in [0.15, 0.2) is 0 Å². The van der Waals surface area contributed by atoms with Gasteiger partial charge >= 0.3 is 0 Å². The van der Waals surface area contributed by atoms with E-state index in [1.807, 2.05) is 24.5 Å². The van der Waals surface area contributed by atoms with Crippen LogP contribution in [-0.2, 0) is 13.1 Å². The van der Waals surface area contributed by atoms with Crippen LogP contribution in [0.5, 0.6) is 0 Å². The third-order valence-corrected chi connectivity index (χ3v) is 3.52. The fourth-order valence-corrected chi connectivity index (χ4v) is 2.32. The Balaban J connectivity index is 2.12. The molecule has 3 nitrogen and oxygen atoms in total. The van der Waals surface area contributed by atoms with E-state index in [9.17, 15) is 0 Å². The lowest BCUT2D eigenvalue weighted by Crippen LogP contribution is -2.25. The number of pyridine rings is 2. The summed E-state index contributed by atoms with van der Waals surface area (Å²) in [6.45, 7) is 9.29. The first-order valence-electron chi connectivity index (χ1n) is 7.24. The summed E-state index contributed by atoms with van der Waals surface area (Å²) in [4.78, 5) is 11.4. The first-order chi connectivity index (χ1) is 9.70. The van der Waals surface area contributed by atoms with E-state index in [-0.39, 0.29) is 0 Å². The molecule has 2 aromatic rings. The molecule has 0 saturated carbocycles. The second-order valence-corrected chi connectivity index (χ2v) is 5.24. The molecule has 0 aromatic carbocycles. The summed E-state index contributed by atoms with van der Waals surface area (Å²) in [6.07, 6.45) is 4.88. The largest absolute Gasteiger partial charge is 0.292 e. The highest BCUT2D eigenvalue weighted by Gasteiger charge is 2.10. The first-order valence-corrected chi connectivity index (χ1v) is 7.24. The zero-order chi connectivity index (χ0) is 14.4. The minimum Gasteiger partial charge on any atom is -0.292 e. The smallest absolute Gasteiger partial charge is 0.0573 e. The number of aryl methyl sites for hydroxylation is 2. The Morgan fingerprint density at radius 3 is 1.80 bits per heavy atom. The summed E-state index contributed by atoms with van der Waals surface area (Å²) in [6, 6.07) is 8.23. The van der Waals surface area contributed by atoms with Crippen LogP contribution in [-0.4, -0.2) is 21.4 Å². The fourth-order valence-electron chi connectivity index (χ4n) is 2.32. The number of hydrogen-bond acceptors (Lipinski definition) is 3. The Hall–Kier alpha value is -1.74. The molecule has 0 atom stereocenters. The van der Waals surface area contributed by atoms with Crippen LogP contribution in [0.3, 0.4) is 0 Å². The van der Waals surface area contributed by atoms with Crippen molar-refractivity contribution in [1.82, 2.24) is 14.9 Å². The summed E-state index contributed by atoms with van der Waals surface area (Å²) < 4.78 is 0. The Labute approximate surface area is 121 Å². The highest BCUT2D eigenvalue weighted by Crippen LogP contribution is 2.12. The highest BCUT2D eigenvalue weighted by atomic mass is 15.1. The van der Waals surface area contributed by atoms with E-state index in [1.54, 1.807) is 0 Å². The molecule has 0 aliphatic carbocycles. The molecule has 0 N–H and O–H groups in total. The lowest BCUT2D eigenvalue weighted by molar-refractivity contribution is 0.250. The van der Waals surface area contributed by atoms with Crippen LogP contribution in [0.2, 0.25) is 0 Å². The van der Waals surface area contributed by atoms with Crippen molar-refractivity contribution >= 4 is 0 Å². The van der Waals surface area contributed by atoms with Gasteiger partial charge in [-0.15, -0.1) is 0 Å². The molecule has 2 aromatic heterocycles. The van der Waals surface area contributed by atoms with Gasteiger partial charge in [-0.05, 0) is 50.1 Å². The van der Waals surface area contributed by atoms with E-state index in [1.165, 1.54) is 11.1 Å². The number of nitrogens with zero attached hydrogens (tertiary/aromatic N) is 3. The Morgan fingerprint density at radius 1 is 0.900 bits per heavy atom. The van der Waals surface area contributed by atoms with Crippen molar-refractivity contribution in [1.29, 1.82) is 0 Å². The first kappa shape index (κ1) is 14.7. The quantitative estimate of drug-likeness (QED) is 0.803. The number of rotatable bonds is 6. The van der Waals surface area contributed by atoms with Crippen molar-refractivity contribution in [2.24, 2.45) is 0 Å². The van der Waals surface area contributed by atoms with Crippen molar-refractivity contribution in [3.05, 3.63) is 59.2 Å². The van der Waals surface area contributed by atoms with Crippen LogP contribution < -0.4 is 0 Å². The number of aromatic nitrogens is 2. The molecular weight excluding hydrogens is 246 g/mol. The predicted octanol–water partition coefficient (Wildman–Crippen LogP) is 3.51. The molecule has 0 aliphatic heterocycles. The zero-order valence-electron chi connectivity index (χ0n) is 12.6. The highest BCUT2D eigenvalue weighted by molar-refractivity contribution is 5.19. The molecule has 2 heterocycles. The molecule has 2 rings (SSSR count). The third-order valence-electron chi connectivity index (χ3n) is 3.52. The van der Waals surface area contributed by atoms with Gasteiger partial charge in [0.05, 0.1) is 11.4 Å². The average molecular weight is 269 g/mol. The molecule has 0 unspecified atom stereocenters. The molecule has 0 radical (unpaired) electrons. The Morgan fingerprint density at radius 2 is 1.40 bits per heavy atom. The monoisotopic (exact) mass is 269 g/mol.